The van der Waals surface area contributed by atoms with E-state index in [0.29, 0.717) is 19.6 Å². The molecule has 0 aromatic heterocycles. The summed E-state index contributed by atoms with van der Waals surface area (Å²) in [6, 6.07) is 8.09. The van der Waals surface area contributed by atoms with E-state index in [1.54, 1.807) is 4.90 Å². The van der Waals surface area contributed by atoms with Crippen molar-refractivity contribution in [2.45, 2.75) is 26.5 Å². The molecule has 1 amide bonds. The molecule has 1 unspecified atom stereocenters. The molecule has 0 spiro atoms. The zero-order valence-electron chi connectivity index (χ0n) is 9.77. The number of hydrogen-bond acceptors (Lipinski definition) is 2. The van der Waals surface area contributed by atoms with Crippen LogP contribution >= 0.6 is 0 Å². The molecular weight excluding hydrogens is 202 g/mol. The zero-order valence-corrected chi connectivity index (χ0v) is 9.77. The van der Waals surface area contributed by atoms with E-state index < -0.39 is 0 Å². The molecule has 0 radical (unpaired) electrons. The zero-order chi connectivity index (χ0) is 11.5. The summed E-state index contributed by atoms with van der Waals surface area (Å²) in [5.74, 6) is 0.147. The Morgan fingerprint density at radius 3 is 2.69 bits per heavy atom. The van der Waals surface area contributed by atoms with Crippen LogP contribution in [0.1, 0.15) is 18.1 Å². The molecule has 1 saturated heterocycles. The van der Waals surface area contributed by atoms with Gasteiger partial charge in [0.15, 0.2) is 0 Å². The van der Waals surface area contributed by atoms with Crippen LogP contribution in [0.3, 0.4) is 0 Å². The highest BCUT2D eigenvalue weighted by Crippen LogP contribution is 2.12. The molecule has 0 aliphatic carbocycles. The normalized spacial score (nSPS) is 20.1. The van der Waals surface area contributed by atoms with E-state index in [4.69, 9.17) is 4.74 Å². The lowest BCUT2D eigenvalue weighted by Gasteiger charge is -2.19. The summed E-state index contributed by atoms with van der Waals surface area (Å²) in [5, 5.41) is 0. The number of benzene rings is 1. The summed E-state index contributed by atoms with van der Waals surface area (Å²) < 4.78 is 5.35. The topological polar surface area (TPSA) is 29.5 Å². The molecule has 1 fully saturated rings. The Kier molecular flexibility index (Phi) is 3.25. The van der Waals surface area contributed by atoms with Crippen LogP contribution in [0.4, 0.5) is 0 Å². The molecule has 86 valence electrons. The minimum atomic E-state index is -0.0713. The second kappa shape index (κ2) is 4.66. The number of carbonyl (C=O) groups is 1. The standard InChI is InChI=1S/C13H17NO2/c1-10-3-5-12(6-4-10)9-13(15)14-7-8-16-11(14)2/h3-6,11H,7-9H2,1-2H3. The number of carbonyl (C=O) groups excluding carboxylic acids is 1. The van der Waals surface area contributed by atoms with Gasteiger partial charge in [-0.2, -0.15) is 0 Å². The molecule has 3 heteroatoms. The first-order valence-corrected chi connectivity index (χ1v) is 5.63. The fourth-order valence-electron chi connectivity index (χ4n) is 1.90. The van der Waals surface area contributed by atoms with Crippen LogP contribution in [-0.2, 0) is 16.0 Å². The van der Waals surface area contributed by atoms with Crippen molar-refractivity contribution >= 4 is 5.91 Å². The van der Waals surface area contributed by atoms with Gasteiger partial charge < -0.3 is 9.64 Å². The molecule has 1 atom stereocenters. The molecule has 0 saturated carbocycles. The SMILES string of the molecule is Cc1ccc(CC(=O)N2CCOC2C)cc1. The van der Waals surface area contributed by atoms with Crippen molar-refractivity contribution in [3.05, 3.63) is 35.4 Å². The average molecular weight is 219 g/mol. The second-order valence-electron chi connectivity index (χ2n) is 4.22. The van der Waals surface area contributed by atoms with Crippen LogP contribution < -0.4 is 0 Å². The monoisotopic (exact) mass is 219 g/mol. The first kappa shape index (κ1) is 11.1. The number of hydrogen-bond donors (Lipinski definition) is 0. The van der Waals surface area contributed by atoms with Crippen LogP contribution in [0.25, 0.3) is 0 Å². The Hall–Kier alpha value is -1.35. The predicted octanol–water partition coefficient (Wildman–Crippen LogP) is 1.74. The van der Waals surface area contributed by atoms with Crippen LogP contribution in [0.15, 0.2) is 24.3 Å². The number of nitrogens with zero attached hydrogens (tertiary/aromatic N) is 1. The molecule has 1 aromatic rings. The maximum absolute atomic E-state index is 12.0. The first-order chi connectivity index (χ1) is 7.66. The Morgan fingerprint density at radius 1 is 1.44 bits per heavy atom. The summed E-state index contributed by atoms with van der Waals surface area (Å²) in [5.41, 5.74) is 2.28. The lowest BCUT2D eigenvalue weighted by molar-refractivity contribution is -0.134. The van der Waals surface area contributed by atoms with Crippen molar-refractivity contribution in [1.29, 1.82) is 0 Å². The summed E-state index contributed by atoms with van der Waals surface area (Å²) in [4.78, 5) is 13.7. The molecule has 0 N–H and O–H groups in total. The van der Waals surface area contributed by atoms with Gasteiger partial charge in [-0.3, -0.25) is 4.79 Å². The summed E-state index contributed by atoms with van der Waals surface area (Å²) >= 11 is 0. The Morgan fingerprint density at radius 2 is 2.12 bits per heavy atom. The lowest BCUT2D eigenvalue weighted by atomic mass is 10.1. The van der Waals surface area contributed by atoms with E-state index >= 15 is 0 Å². The van der Waals surface area contributed by atoms with Gasteiger partial charge >= 0.3 is 0 Å². The molecular formula is C13H17NO2. The van der Waals surface area contributed by atoms with Crippen molar-refractivity contribution in [2.24, 2.45) is 0 Å². The number of amides is 1. The Balaban J connectivity index is 1.99. The van der Waals surface area contributed by atoms with Crippen molar-refractivity contribution in [2.75, 3.05) is 13.2 Å². The third kappa shape index (κ3) is 2.42. The van der Waals surface area contributed by atoms with Gasteiger partial charge in [0.25, 0.3) is 0 Å². The third-order valence-electron chi connectivity index (χ3n) is 2.93. The minimum absolute atomic E-state index is 0.0713. The van der Waals surface area contributed by atoms with Gasteiger partial charge in [-0.15, -0.1) is 0 Å². The van der Waals surface area contributed by atoms with Gasteiger partial charge in [0, 0.05) is 6.54 Å². The second-order valence-corrected chi connectivity index (χ2v) is 4.22. The molecule has 2 rings (SSSR count). The quantitative estimate of drug-likeness (QED) is 0.758. The highest BCUT2D eigenvalue weighted by molar-refractivity contribution is 5.79. The molecule has 3 nitrogen and oxygen atoms in total. The van der Waals surface area contributed by atoms with Gasteiger partial charge in [0.1, 0.15) is 6.23 Å². The van der Waals surface area contributed by atoms with E-state index in [1.165, 1.54) is 5.56 Å². The van der Waals surface area contributed by atoms with Crippen LogP contribution in [-0.4, -0.2) is 30.2 Å². The Labute approximate surface area is 96.0 Å². The van der Waals surface area contributed by atoms with Gasteiger partial charge in [0.05, 0.1) is 13.0 Å². The van der Waals surface area contributed by atoms with E-state index in [-0.39, 0.29) is 12.1 Å². The lowest BCUT2D eigenvalue weighted by Crippen LogP contribution is -2.35. The Bertz CT molecular complexity index is 372. The van der Waals surface area contributed by atoms with E-state index in [0.717, 1.165) is 5.56 Å². The number of rotatable bonds is 2. The van der Waals surface area contributed by atoms with E-state index in [9.17, 15) is 4.79 Å². The van der Waals surface area contributed by atoms with Gasteiger partial charge in [-0.25, -0.2) is 0 Å². The summed E-state index contributed by atoms with van der Waals surface area (Å²) in [6.45, 7) is 5.33. The van der Waals surface area contributed by atoms with Crippen molar-refractivity contribution in [1.82, 2.24) is 4.90 Å². The fourth-order valence-corrected chi connectivity index (χ4v) is 1.90. The maximum Gasteiger partial charge on any atom is 0.229 e. The minimum Gasteiger partial charge on any atom is -0.357 e. The molecule has 1 aromatic carbocycles. The van der Waals surface area contributed by atoms with Crippen molar-refractivity contribution < 1.29 is 9.53 Å². The average Bonchev–Trinajstić information content (AvgIpc) is 2.68. The van der Waals surface area contributed by atoms with Gasteiger partial charge in [0.2, 0.25) is 5.91 Å². The smallest absolute Gasteiger partial charge is 0.229 e. The fraction of sp³-hybridized carbons (Fsp3) is 0.462. The van der Waals surface area contributed by atoms with Gasteiger partial charge in [-0.05, 0) is 19.4 Å². The van der Waals surface area contributed by atoms with Crippen LogP contribution in [0.5, 0.6) is 0 Å². The number of aryl methyl sites for hydroxylation is 1. The molecule has 0 bridgehead atoms. The number of ether oxygens (including phenoxy) is 1. The highest BCUT2D eigenvalue weighted by atomic mass is 16.5. The molecule has 1 aliphatic rings. The molecule has 1 aliphatic heterocycles. The summed E-state index contributed by atoms with van der Waals surface area (Å²) in [7, 11) is 0. The van der Waals surface area contributed by atoms with Gasteiger partial charge in [-0.1, -0.05) is 29.8 Å². The third-order valence-corrected chi connectivity index (χ3v) is 2.93. The highest BCUT2D eigenvalue weighted by Gasteiger charge is 2.25. The summed E-state index contributed by atoms with van der Waals surface area (Å²) in [6.07, 6.45) is 0.395. The van der Waals surface area contributed by atoms with Crippen molar-refractivity contribution in [3.63, 3.8) is 0 Å². The van der Waals surface area contributed by atoms with Crippen LogP contribution in [0, 0.1) is 6.92 Å². The van der Waals surface area contributed by atoms with E-state index in [2.05, 4.69) is 0 Å². The largest absolute Gasteiger partial charge is 0.357 e. The predicted molar refractivity (Wildman–Crippen MR) is 62.0 cm³/mol. The first-order valence-electron chi connectivity index (χ1n) is 5.63. The molecule has 1 heterocycles. The van der Waals surface area contributed by atoms with E-state index in [1.807, 2.05) is 38.1 Å². The maximum atomic E-state index is 12.0. The molecule has 16 heavy (non-hydrogen) atoms. The van der Waals surface area contributed by atoms with Crippen molar-refractivity contribution in [3.8, 4) is 0 Å². The van der Waals surface area contributed by atoms with Crippen LogP contribution in [0.2, 0.25) is 0 Å².